The zero-order valence-corrected chi connectivity index (χ0v) is 9.95. The summed E-state index contributed by atoms with van der Waals surface area (Å²) in [5.74, 6) is 0.299. The number of benzene rings is 1. The molecule has 0 radical (unpaired) electrons. The van der Waals surface area contributed by atoms with Crippen LogP contribution in [0.1, 0.15) is 5.56 Å². The number of hydrogen-bond donors (Lipinski definition) is 2. The molecule has 1 aromatic rings. The molecular formula is C12H16N2O3. The Morgan fingerprint density at radius 1 is 1.29 bits per heavy atom. The van der Waals surface area contributed by atoms with Crippen molar-refractivity contribution in [3.8, 4) is 5.75 Å². The van der Waals surface area contributed by atoms with E-state index in [9.17, 15) is 9.59 Å². The Morgan fingerprint density at radius 3 is 2.71 bits per heavy atom. The largest absolute Gasteiger partial charge is 0.497 e. The Hall–Kier alpha value is -2.04. The van der Waals surface area contributed by atoms with Crippen LogP contribution < -0.4 is 15.4 Å². The standard InChI is InChI=1S/C12H16N2O3/c1-13-12(16)8-14-11(15)7-9-4-3-5-10(6-9)17-2/h3-6H,7-8H2,1-2H3,(H,13,16)(H,14,15). The van der Waals surface area contributed by atoms with Crippen LogP contribution in [0.25, 0.3) is 0 Å². The lowest BCUT2D eigenvalue weighted by atomic mass is 10.1. The van der Waals surface area contributed by atoms with Crippen LogP contribution in [0.2, 0.25) is 0 Å². The van der Waals surface area contributed by atoms with Crippen LogP contribution in [0, 0.1) is 0 Å². The minimum atomic E-state index is -0.219. The highest BCUT2D eigenvalue weighted by molar-refractivity contribution is 5.85. The van der Waals surface area contributed by atoms with E-state index < -0.39 is 0 Å². The van der Waals surface area contributed by atoms with Gasteiger partial charge in [-0.2, -0.15) is 0 Å². The molecule has 0 aromatic heterocycles. The molecule has 2 amide bonds. The van der Waals surface area contributed by atoms with Gasteiger partial charge in [0.05, 0.1) is 20.1 Å². The number of rotatable bonds is 5. The molecule has 0 saturated heterocycles. The number of ether oxygens (including phenoxy) is 1. The van der Waals surface area contributed by atoms with Gasteiger partial charge in [0.1, 0.15) is 5.75 Å². The van der Waals surface area contributed by atoms with Crippen LogP contribution in [0.3, 0.4) is 0 Å². The maximum Gasteiger partial charge on any atom is 0.239 e. The van der Waals surface area contributed by atoms with Crippen molar-refractivity contribution in [3.63, 3.8) is 0 Å². The predicted molar refractivity (Wildman–Crippen MR) is 63.8 cm³/mol. The van der Waals surface area contributed by atoms with Crippen molar-refractivity contribution in [2.45, 2.75) is 6.42 Å². The Bertz CT molecular complexity index is 404. The summed E-state index contributed by atoms with van der Waals surface area (Å²) < 4.78 is 5.06. The molecule has 0 aliphatic heterocycles. The Kier molecular flexibility index (Phi) is 5.00. The van der Waals surface area contributed by atoms with Crippen LogP contribution in [0.15, 0.2) is 24.3 Å². The van der Waals surface area contributed by atoms with Gasteiger partial charge in [-0.3, -0.25) is 9.59 Å². The third-order valence-corrected chi connectivity index (χ3v) is 2.22. The van der Waals surface area contributed by atoms with Crippen molar-refractivity contribution in [3.05, 3.63) is 29.8 Å². The average Bonchev–Trinajstić information content (AvgIpc) is 2.36. The monoisotopic (exact) mass is 236 g/mol. The number of methoxy groups -OCH3 is 1. The maximum atomic E-state index is 11.5. The lowest BCUT2D eigenvalue weighted by Crippen LogP contribution is -2.35. The molecule has 92 valence electrons. The fourth-order valence-electron chi connectivity index (χ4n) is 1.30. The minimum absolute atomic E-state index is 0.000693. The molecule has 1 aromatic carbocycles. The summed E-state index contributed by atoms with van der Waals surface area (Å²) in [6, 6.07) is 7.26. The molecule has 0 atom stereocenters. The van der Waals surface area contributed by atoms with E-state index in [1.165, 1.54) is 7.05 Å². The van der Waals surface area contributed by atoms with E-state index in [4.69, 9.17) is 4.74 Å². The van der Waals surface area contributed by atoms with E-state index >= 15 is 0 Å². The first-order chi connectivity index (χ1) is 8.15. The highest BCUT2D eigenvalue weighted by Crippen LogP contribution is 2.12. The SMILES string of the molecule is CNC(=O)CNC(=O)Cc1cccc(OC)c1. The highest BCUT2D eigenvalue weighted by Gasteiger charge is 2.05. The van der Waals surface area contributed by atoms with E-state index in [1.54, 1.807) is 13.2 Å². The molecule has 5 nitrogen and oxygen atoms in total. The minimum Gasteiger partial charge on any atom is -0.497 e. The predicted octanol–water partition coefficient (Wildman–Crippen LogP) is 0.0999. The Labute approximate surface area is 100 Å². The van der Waals surface area contributed by atoms with Crippen LogP contribution in [0.4, 0.5) is 0 Å². The number of likely N-dealkylation sites (N-methyl/N-ethyl adjacent to an activating group) is 1. The summed E-state index contributed by atoms with van der Waals surface area (Å²) >= 11 is 0. The normalized spacial score (nSPS) is 9.53. The third kappa shape index (κ3) is 4.55. The second-order valence-corrected chi connectivity index (χ2v) is 3.48. The number of nitrogens with one attached hydrogen (secondary N) is 2. The lowest BCUT2D eigenvalue weighted by molar-refractivity contribution is -0.125. The molecule has 0 heterocycles. The number of carbonyl (C=O) groups excluding carboxylic acids is 2. The van der Waals surface area contributed by atoms with Crippen molar-refractivity contribution in [1.82, 2.24) is 10.6 Å². The molecule has 1 rings (SSSR count). The summed E-state index contributed by atoms with van der Waals surface area (Å²) in [5.41, 5.74) is 0.846. The molecule has 2 N–H and O–H groups in total. The molecule has 0 aliphatic rings. The van der Waals surface area contributed by atoms with Gasteiger partial charge in [-0.15, -0.1) is 0 Å². The summed E-state index contributed by atoms with van der Waals surface area (Å²) in [7, 11) is 3.10. The van der Waals surface area contributed by atoms with Gasteiger partial charge in [-0.1, -0.05) is 12.1 Å². The van der Waals surface area contributed by atoms with Gasteiger partial charge in [0.2, 0.25) is 11.8 Å². The molecule has 0 aliphatic carbocycles. The van der Waals surface area contributed by atoms with E-state index in [0.29, 0.717) is 5.75 Å². The van der Waals surface area contributed by atoms with Gasteiger partial charge in [-0.05, 0) is 17.7 Å². The smallest absolute Gasteiger partial charge is 0.239 e. The van der Waals surface area contributed by atoms with Gasteiger partial charge in [0, 0.05) is 7.05 Å². The highest BCUT2D eigenvalue weighted by atomic mass is 16.5. The van der Waals surface area contributed by atoms with Crippen molar-refractivity contribution in [2.75, 3.05) is 20.7 Å². The summed E-state index contributed by atoms with van der Waals surface area (Å²) in [4.78, 5) is 22.4. The number of hydrogen-bond acceptors (Lipinski definition) is 3. The lowest BCUT2D eigenvalue weighted by Gasteiger charge is -2.05. The average molecular weight is 236 g/mol. The Balaban J connectivity index is 2.47. The molecule has 0 bridgehead atoms. The molecule has 0 spiro atoms. The second kappa shape index (κ2) is 6.52. The molecular weight excluding hydrogens is 220 g/mol. The number of carbonyl (C=O) groups is 2. The van der Waals surface area contributed by atoms with Gasteiger partial charge in [0.15, 0.2) is 0 Å². The van der Waals surface area contributed by atoms with Crippen LogP contribution >= 0.6 is 0 Å². The van der Waals surface area contributed by atoms with Gasteiger partial charge in [-0.25, -0.2) is 0 Å². The van der Waals surface area contributed by atoms with E-state index in [1.807, 2.05) is 18.2 Å². The fourth-order valence-corrected chi connectivity index (χ4v) is 1.30. The number of amides is 2. The van der Waals surface area contributed by atoms with Crippen LogP contribution in [0.5, 0.6) is 5.75 Å². The van der Waals surface area contributed by atoms with Crippen LogP contribution in [-0.2, 0) is 16.0 Å². The molecule has 0 fully saturated rings. The van der Waals surface area contributed by atoms with Gasteiger partial charge in [0.25, 0.3) is 0 Å². The Morgan fingerprint density at radius 2 is 2.06 bits per heavy atom. The zero-order chi connectivity index (χ0) is 12.7. The maximum absolute atomic E-state index is 11.5. The van der Waals surface area contributed by atoms with Crippen molar-refractivity contribution in [1.29, 1.82) is 0 Å². The molecule has 0 saturated carbocycles. The summed E-state index contributed by atoms with van der Waals surface area (Å²) in [5, 5.41) is 4.96. The molecule has 5 heteroatoms. The topological polar surface area (TPSA) is 67.4 Å². The molecule has 17 heavy (non-hydrogen) atoms. The van der Waals surface area contributed by atoms with E-state index in [2.05, 4.69) is 10.6 Å². The van der Waals surface area contributed by atoms with Gasteiger partial charge >= 0.3 is 0 Å². The molecule has 0 unspecified atom stereocenters. The first-order valence-corrected chi connectivity index (χ1v) is 5.26. The zero-order valence-electron chi connectivity index (χ0n) is 9.95. The summed E-state index contributed by atoms with van der Waals surface area (Å²) in [6.07, 6.45) is 0.230. The first-order valence-electron chi connectivity index (χ1n) is 5.26. The van der Waals surface area contributed by atoms with Crippen LogP contribution in [-0.4, -0.2) is 32.5 Å². The van der Waals surface area contributed by atoms with Crippen molar-refractivity contribution >= 4 is 11.8 Å². The van der Waals surface area contributed by atoms with E-state index in [-0.39, 0.29) is 24.8 Å². The van der Waals surface area contributed by atoms with Crippen molar-refractivity contribution < 1.29 is 14.3 Å². The van der Waals surface area contributed by atoms with Crippen molar-refractivity contribution in [2.24, 2.45) is 0 Å². The quantitative estimate of drug-likeness (QED) is 0.762. The van der Waals surface area contributed by atoms with Gasteiger partial charge < -0.3 is 15.4 Å². The summed E-state index contributed by atoms with van der Waals surface area (Å²) in [6.45, 7) is -0.000693. The first kappa shape index (κ1) is 13.0. The van der Waals surface area contributed by atoms with E-state index in [0.717, 1.165) is 5.56 Å². The fraction of sp³-hybridized carbons (Fsp3) is 0.333. The second-order valence-electron chi connectivity index (χ2n) is 3.48. The third-order valence-electron chi connectivity index (χ3n) is 2.22.